The lowest BCUT2D eigenvalue weighted by atomic mass is 9.95. The molecule has 0 bridgehead atoms. The number of methoxy groups -OCH3 is 1. The molecule has 128 valence electrons. The fraction of sp³-hybridized carbons (Fsp3) is 0.500. The van der Waals surface area contributed by atoms with Crippen molar-refractivity contribution in [3.8, 4) is 0 Å². The van der Waals surface area contributed by atoms with Gasteiger partial charge in [0, 0.05) is 0 Å². The fourth-order valence-corrected chi connectivity index (χ4v) is 3.50. The number of benzene rings is 1. The van der Waals surface area contributed by atoms with Crippen LogP contribution in [-0.2, 0) is 25.7 Å². The zero-order chi connectivity index (χ0) is 17.1. The maximum absolute atomic E-state index is 12.7. The van der Waals surface area contributed by atoms with E-state index in [-0.39, 0.29) is 36.2 Å². The largest absolute Gasteiger partial charge is 0.469 e. The average molecular weight is 330 g/mol. The van der Waals surface area contributed by atoms with E-state index >= 15 is 0 Å². The normalized spacial score (nSPS) is 22.9. The number of esters is 1. The minimum absolute atomic E-state index is 0.0983. The zero-order valence-electron chi connectivity index (χ0n) is 13.8. The van der Waals surface area contributed by atoms with Gasteiger partial charge in [-0.2, -0.15) is 0 Å². The first kappa shape index (κ1) is 16.6. The second-order valence-electron chi connectivity index (χ2n) is 6.36. The monoisotopic (exact) mass is 330 g/mol. The molecule has 2 amide bonds. The number of nitrogens with zero attached hydrogens (tertiary/aromatic N) is 2. The summed E-state index contributed by atoms with van der Waals surface area (Å²) in [7, 11) is 1.40. The number of piperidine rings is 1. The topological polar surface area (TPSA) is 66.9 Å². The summed E-state index contributed by atoms with van der Waals surface area (Å²) >= 11 is 0. The lowest BCUT2D eigenvalue weighted by Gasteiger charge is -2.33. The molecule has 6 nitrogen and oxygen atoms in total. The van der Waals surface area contributed by atoms with E-state index in [2.05, 4.69) is 0 Å². The summed E-state index contributed by atoms with van der Waals surface area (Å²) in [5, 5.41) is 0. The standard InChI is InChI=1S/C18H22N2O4/c1-24-18(23)14-7-9-19(10-8-14)15-11-16(21)20(17(15)22)12-13-5-3-2-4-6-13/h2-6,14-15H,7-12H2,1H3/t15-/m0/s1. The molecule has 0 spiro atoms. The first-order chi connectivity index (χ1) is 11.6. The van der Waals surface area contributed by atoms with Crippen molar-refractivity contribution in [1.82, 2.24) is 9.80 Å². The molecule has 24 heavy (non-hydrogen) atoms. The van der Waals surface area contributed by atoms with Gasteiger partial charge in [-0.25, -0.2) is 0 Å². The number of likely N-dealkylation sites (tertiary alicyclic amines) is 2. The van der Waals surface area contributed by atoms with Gasteiger partial charge in [0.2, 0.25) is 11.8 Å². The van der Waals surface area contributed by atoms with E-state index in [9.17, 15) is 14.4 Å². The predicted octanol–water partition coefficient (Wildman–Crippen LogP) is 1.20. The van der Waals surface area contributed by atoms with Gasteiger partial charge in [-0.15, -0.1) is 0 Å². The van der Waals surface area contributed by atoms with Gasteiger partial charge in [0.25, 0.3) is 0 Å². The first-order valence-electron chi connectivity index (χ1n) is 8.30. The maximum Gasteiger partial charge on any atom is 0.308 e. The summed E-state index contributed by atoms with van der Waals surface area (Å²) in [6, 6.07) is 9.14. The van der Waals surface area contributed by atoms with Crippen LogP contribution < -0.4 is 0 Å². The number of hydrogen-bond acceptors (Lipinski definition) is 5. The number of amides is 2. The minimum Gasteiger partial charge on any atom is -0.469 e. The number of carbonyl (C=O) groups excluding carboxylic acids is 3. The molecule has 3 rings (SSSR count). The van der Waals surface area contributed by atoms with Gasteiger partial charge in [-0.05, 0) is 31.5 Å². The molecule has 0 aromatic heterocycles. The van der Waals surface area contributed by atoms with Crippen LogP contribution in [0.5, 0.6) is 0 Å². The van der Waals surface area contributed by atoms with Gasteiger partial charge >= 0.3 is 5.97 Å². The molecule has 0 aliphatic carbocycles. The summed E-state index contributed by atoms with van der Waals surface area (Å²) in [5.74, 6) is -0.530. The Morgan fingerprint density at radius 2 is 1.83 bits per heavy atom. The highest BCUT2D eigenvalue weighted by molar-refractivity contribution is 6.05. The van der Waals surface area contributed by atoms with Crippen LogP contribution in [0.2, 0.25) is 0 Å². The van der Waals surface area contributed by atoms with Crippen molar-refractivity contribution in [3.63, 3.8) is 0 Å². The molecule has 6 heteroatoms. The Hall–Kier alpha value is -2.21. The van der Waals surface area contributed by atoms with Crippen LogP contribution in [0.25, 0.3) is 0 Å². The first-order valence-corrected chi connectivity index (χ1v) is 8.30. The van der Waals surface area contributed by atoms with E-state index in [1.165, 1.54) is 12.0 Å². The van der Waals surface area contributed by atoms with Crippen molar-refractivity contribution >= 4 is 17.8 Å². The Morgan fingerprint density at radius 3 is 2.46 bits per heavy atom. The summed E-state index contributed by atoms with van der Waals surface area (Å²) in [6.45, 7) is 1.61. The number of carbonyl (C=O) groups is 3. The highest BCUT2D eigenvalue weighted by Gasteiger charge is 2.43. The van der Waals surface area contributed by atoms with Crippen molar-refractivity contribution < 1.29 is 19.1 Å². The number of ether oxygens (including phenoxy) is 1. The fourth-order valence-electron chi connectivity index (χ4n) is 3.50. The summed E-state index contributed by atoms with van der Waals surface area (Å²) in [4.78, 5) is 39.9. The van der Waals surface area contributed by atoms with Crippen LogP contribution in [0.3, 0.4) is 0 Å². The van der Waals surface area contributed by atoms with Crippen LogP contribution in [0, 0.1) is 5.92 Å². The van der Waals surface area contributed by atoms with E-state index in [0.717, 1.165) is 5.56 Å². The van der Waals surface area contributed by atoms with Gasteiger partial charge in [0.05, 0.1) is 32.0 Å². The molecule has 0 N–H and O–H groups in total. The van der Waals surface area contributed by atoms with Crippen molar-refractivity contribution in [1.29, 1.82) is 0 Å². The Morgan fingerprint density at radius 1 is 1.17 bits per heavy atom. The third-order valence-corrected chi connectivity index (χ3v) is 4.91. The van der Waals surface area contributed by atoms with Crippen LogP contribution in [0.4, 0.5) is 0 Å². The van der Waals surface area contributed by atoms with Crippen molar-refractivity contribution in [2.45, 2.75) is 31.8 Å². The lowest BCUT2D eigenvalue weighted by Crippen LogP contribution is -2.46. The van der Waals surface area contributed by atoms with Crippen LogP contribution in [0.1, 0.15) is 24.8 Å². The molecule has 2 aliphatic heterocycles. The molecule has 2 aliphatic rings. The van der Waals surface area contributed by atoms with E-state index in [0.29, 0.717) is 32.5 Å². The summed E-state index contributed by atoms with van der Waals surface area (Å²) in [5.41, 5.74) is 0.948. The Balaban J connectivity index is 1.61. The highest BCUT2D eigenvalue weighted by atomic mass is 16.5. The van der Waals surface area contributed by atoms with E-state index in [1.807, 2.05) is 35.2 Å². The molecule has 0 saturated carbocycles. The smallest absolute Gasteiger partial charge is 0.308 e. The lowest BCUT2D eigenvalue weighted by molar-refractivity contribution is -0.147. The van der Waals surface area contributed by atoms with Crippen molar-refractivity contribution in [2.75, 3.05) is 20.2 Å². The molecular formula is C18H22N2O4. The molecule has 2 saturated heterocycles. The summed E-state index contributed by atoms with van der Waals surface area (Å²) in [6.07, 6.45) is 1.57. The molecule has 2 heterocycles. The second-order valence-corrected chi connectivity index (χ2v) is 6.36. The van der Waals surface area contributed by atoms with Gasteiger partial charge < -0.3 is 4.74 Å². The maximum atomic E-state index is 12.7. The molecule has 1 aromatic carbocycles. The highest BCUT2D eigenvalue weighted by Crippen LogP contribution is 2.26. The third kappa shape index (κ3) is 3.33. The molecule has 1 aromatic rings. The minimum atomic E-state index is -0.389. The van der Waals surface area contributed by atoms with Crippen molar-refractivity contribution in [3.05, 3.63) is 35.9 Å². The quantitative estimate of drug-likeness (QED) is 0.613. The Labute approximate surface area is 141 Å². The Bertz CT molecular complexity index is 623. The third-order valence-electron chi connectivity index (χ3n) is 4.91. The SMILES string of the molecule is COC(=O)C1CCN([C@H]2CC(=O)N(Cc3ccccc3)C2=O)CC1. The molecular weight excluding hydrogens is 308 g/mol. The molecule has 1 atom stereocenters. The van der Waals surface area contributed by atoms with E-state index < -0.39 is 0 Å². The molecule has 2 fully saturated rings. The average Bonchev–Trinajstić information content (AvgIpc) is 2.90. The zero-order valence-corrected chi connectivity index (χ0v) is 13.8. The van der Waals surface area contributed by atoms with Crippen LogP contribution in [0.15, 0.2) is 30.3 Å². The molecule has 0 radical (unpaired) electrons. The van der Waals surface area contributed by atoms with Gasteiger partial charge in [0.15, 0.2) is 0 Å². The van der Waals surface area contributed by atoms with Gasteiger partial charge in [0.1, 0.15) is 0 Å². The van der Waals surface area contributed by atoms with Crippen LogP contribution >= 0.6 is 0 Å². The van der Waals surface area contributed by atoms with Gasteiger partial charge in [-0.3, -0.25) is 24.2 Å². The summed E-state index contributed by atoms with van der Waals surface area (Å²) < 4.78 is 4.79. The van der Waals surface area contributed by atoms with Gasteiger partial charge in [-0.1, -0.05) is 30.3 Å². The number of rotatable bonds is 4. The number of hydrogen-bond donors (Lipinski definition) is 0. The van der Waals surface area contributed by atoms with E-state index in [4.69, 9.17) is 4.74 Å². The predicted molar refractivity (Wildman–Crippen MR) is 86.7 cm³/mol. The van der Waals surface area contributed by atoms with E-state index in [1.54, 1.807) is 0 Å². The number of imide groups is 1. The second kappa shape index (κ2) is 7.13. The van der Waals surface area contributed by atoms with Crippen LogP contribution in [-0.4, -0.2) is 53.8 Å². The Kier molecular flexibility index (Phi) is 4.94. The van der Waals surface area contributed by atoms with Crippen molar-refractivity contribution in [2.24, 2.45) is 5.92 Å². The molecule has 0 unspecified atom stereocenters.